The third-order valence-corrected chi connectivity index (χ3v) is 4.69. The minimum atomic E-state index is -0.295. The van der Waals surface area contributed by atoms with Crippen molar-refractivity contribution in [3.05, 3.63) is 51.7 Å². The molecular weight excluding hydrogens is 271 g/mol. The van der Waals surface area contributed by atoms with Crippen LogP contribution in [0.5, 0.6) is 0 Å². The van der Waals surface area contributed by atoms with Crippen molar-refractivity contribution in [2.24, 2.45) is 4.99 Å². The molecule has 0 amide bonds. The third kappa shape index (κ3) is 2.37. The fourth-order valence-corrected chi connectivity index (χ4v) is 3.65. The van der Waals surface area contributed by atoms with E-state index in [2.05, 4.69) is 11.1 Å². The second kappa shape index (κ2) is 5.56. The molecule has 0 aliphatic heterocycles. The van der Waals surface area contributed by atoms with Crippen molar-refractivity contribution >= 4 is 22.6 Å². The molecule has 1 heterocycles. The minimum Gasteiger partial charge on any atom is -0.244 e. The molecule has 3 rings (SSSR count). The predicted molar refractivity (Wildman–Crippen MR) is 79.3 cm³/mol. The van der Waals surface area contributed by atoms with Crippen LogP contribution in [0.1, 0.15) is 34.4 Å². The summed E-state index contributed by atoms with van der Waals surface area (Å²) in [6.45, 7) is 0. The van der Waals surface area contributed by atoms with Gasteiger partial charge < -0.3 is 0 Å². The Bertz CT molecular complexity index is 710. The SMILES string of the molecule is N#Cc1c(N=Cc2ccccc2F)sc2c1CCCC2. The lowest BCUT2D eigenvalue weighted by Crippen LogP contribution is -1.99. The maximum Gasteiger partial charge on any atom is 0.134 e. The smallest absolute Gasteiger partial charge is 0.134 e. The minimum absolute atomic E-state index is 0.295. The summed E-state index contributed by atoms with van der Waals surface area (Å²) in [6, 6.07) is 8.77. The summed E-state index contributed by atoms with van der Waals surface area (Å²) in [5.74, 6) is -0.295. The lowest BCUT2D eigenvalue weighted by Gasteiger charge is -2.09. The van der Waals surface area contributed by atoms with E-state index in [0.29, 0.717) is 16.1 Å². The van der Waals surface area contributed by atoms with Crippen LogP contribution in [0.2, 0.25) is 0 Å². The van der Waals surface area contributed by atoms with Crippen molar-refractivity contribution in [1.82, 2.24) is 0 Å². The first kappa shape index (κ1) is 13.0. The molecule has 0 saturated carbocycles. The number of aryl methyl sites for hydroxylation is 1. The fraction of sp³-hybridized carbons (Fsp3) is 0.250. The zero-order valence-electron chi connectivity index (χ0n) is 10.9. The third-order valence-electron chi connectivity index (χ3n) is 3.49. The van der Waals surface area contributed by atoms with E-state index in [1.54, 1.807) is 29.5 Å². The Kier molecular flexibility index (Phi) is 3.62. The maximum absolute atomic E-state index is 13.5. The number of nitrogens with zero attached hydrogens (tertiary/aromatic N) is 2. The zero-order chi connectivity index (χ0) is 13.9. The molecule has 1 aliphatic carbocycles. The number of benzene rings is 1. The molecule has 0 fully saturated rings. The van der Waals surface area contributed by atoms with Gasteiger partial charge in [-0.3, -0.25) is 0 Å². The first-order valence-electron chi connectivity index (χ1n) is 6.63. The molecule has 0 bridgehead atoms. The highest BCUT2D eigenvalue weighted by molar-refractivity contribution is 7.16. The summed E-state index contributed by atoms with van der Waals surface area (Å²) < 4.78 is 13.5. The Morgan fingerprint density at radius 3 is 2.85 bits per heavy atom. The van der Waals surface area contributed by atoms with Gasteiger partial charge in [0.2, 0.25) is 0 Å². The summed E-state index contributed by atoms with van der Waals surface area (Å²) in [5, 5.41) is 10.0. The summed E-state index contributed by atoms with van der Waals surface area (Å²) in [6.07, 6.45) is 5.81. The molecule has 1 aromatic carbocycles. The lowest BCUT2D eigenvalue weighted by atomic mass is 9.96. The Hall–Kier alpha value is -1.99. The quantitative estimate of drug-likeness (QED) is 0.753. The highest BCUT2D eigenvalue weighted by atomic mass is 32.1. The zero-order valence-corrected chi connectivity index (χ0v) is 11.7. The molecule has 20 heavy (non-hydrogen) atoms. The Morgan fingerprint density at radius 1 is 1.25 bits per heavy atom. The predicted octanol–water partition coefficient (Wildman–Crippen LogP) is 4.39. The van der Waals surface area contributed by atoms with Gasteiger partial charge in [0.05, 0.1) is 5.56 Å². The van der Waals surface area contributed by atoms with Crippen molar-refractivity contribution in [2.45, 2.75) is 25.7 Å². The van der Waals surface area contributed by atoms with Crippen LogP contribution in [0.3, 0.4) is 0 Å². The average Bonchev–Trinajstić information content (AvgIpc) is 2.84. The summed E-state index contributed by atoms with van der Waals surface area (Å²) >= 11 is 1.57. The van der Waals surface area contributed by atoms with Crippen LogP contribution in [-0.4, -0.2) is 6.21 Å². The van der Waals surface area contributed by atoms with Crippen LogP contribution in [0.15, 0.2) is 29.3 Å². The van der Waals surface area contributed by atoms with Crippen molar-refractivity contribution < 1.29 is 4.39 Å². The molecule has 0 unspecified atom stereocenters. The van der Waals surface area contributed by atoms with Crippen LogP contribution in [-0.2, 0) is 12.8 Å². The molecule has 2 nitrogen and oxygen atoms in total. The van der Waals surface area contributed by atoms with Gasteiger partial charge in [0.25, 0.3) is 0 Å². The monoisotopic (exact) mass is 284 g/mol. The highest BCUT2D eigenvalue weighted by Crippen LogP contribution is 2.39. The van der Waals surface area contributed by atoms with Gasteiger partial charge in [-0.05, 0) is 37.3 Å². The van der Waals surface area contributed by atoms with Gasteiger partial charge in [-0.25, -0.2) is 9.38 Å². The van der Waals surface area contributed by atoms with E-state index in [4.69, 9.17) is 0 Å². The van der Waals surface area contributed by atoms with E-state index in [-0.39, 0.29) is 5.82 Å². The van der Waals surface area contributed by atoms with Gasteiger partial charge >= 0.3 is 0 Å². The molecule has 0 radical (unpaired) electrons. The fourth-order valence-electron chi connectivity index (χ4n) is 2.47. The first-order chi connectivity index (χ1) is 9.79. The molecule has 0 atom stereocenters. The molecule has 100 valence electrons. The average molecular weight is 284 g/mol. The Labute approximate surface area is 121 Å². The normalized spacial score (nSPS) is 14.2. The second-order valence-electron chi connectivity index (χ2n) is 4.78. The number of halogens is 1. The molecule has 0 N–H and O–H groups in total. The largest absolute Gasteiger partial charge is 0.244 e. The van der Waals surface area contributed by atoms with Crippen LogP contribution in [0, 0.1) is 17.1 Å². The Balaban J connectivity index is 1.97. The summed E-state index contributed by atoms with van der Waals surface area (Å²) in [5.41, 5.74) is 2.28. The standard InChI is InChI=1S/C16H13FN2S/c17-14-7-3-1-5-11(14)10-19-16-13(9-18)12-6-2-4-8-15(12)20-16/h1,3,5,7,10H,2,4,6,8H2. The van der Waals surface area contributed by atoms with E-state index in [1.165, 1.54) is 23.6 Å². The van der Waals surface area contributed by atoms with Crippen molar-refractivity contribution in [3.8, 4) is 6.07 Å². The van der Waals surface area contributed by atoms with Crippen LogP contribution in [0.25, 0.3) is 0 Å². The summed E-state index contributed by atoms with van der Waals surface area (Å²) in [7, 11) is 0. The first-order valence-corrected chi connectivity index (χ1v) is 7.44. The van der Waals surface area contributed by atoms with Crippen LogP contribution < -0.4 is 0 Å². The summed E-state index contributed by atoms with van der Waals surface area (Å²) in [4.78, 5) is 5.62. The molecule has 2 aromatic rings. The topological polar surface area (TPSA) is 36.1 Å². The van der Waals surface area contributed by atoms with Gasteiger partial charge in [0, 0.05) is 16.7 Å². The van der Waals surface area contributed by atoms with Crippen molar-refractivity contribution in [3.63, 3.8) is 0 Å². The molecule has 1 aromatic heterocycles. The van der Waals surface area contributed by atoms with Gasteiger partial charge in [-0.2, -0.15) is 5.26 Å². The van der Waals surface area contributed by atoms with Gasteiger partial charge in [-0.15, -0.1) is 11.3 Å². The van der Waals surface area contributed by atoms with E-state index in [1.807, 2.05) is 0 Å². The molecule has 1 aliphatic rings. The van der Waals surface area contributed by atoms with E-state index in [0.717, 1.165) is 24.8 Å². The molecule has 0 saturated heterocycles. The van der Waals surface area contributed by atoms with E-state index >= 15 is 0 Å². The number of hydrogen-bond acceptors (Lipinski definition) is 3. The van der Waals surface area contributed by atoms with Gasteiger partial charge in [0.1, 0.15) is 16.9 Å². The Morgan fingerprint density at radius 2 is 2.05 bits per heavy atom. The van der Waals surface area contributed by atoms with E-state index < -0.39 is 0 Å². The van der Waals surface area contributed by atoms with Crippen molar-refractivity contribution in [2.75, 3.05) is 0 Å². The highest BCUT2D eigenvalue weighted by Gasteiger charge is 2.20. The number of rotatable bonds is 2. The molecular formula is C16H13FN2S. The number of hydrogen-bond donors (Lipinski definition) is 0. The number of aliphatic imine (C=N–C) groups is 1. The molecule has 0 spiro atoms. The van der Waals surface area contributed by atoms with Crippen LogP contribution in [0.4, 0.5) is 9.39 Å². The number of fused-ring (bicyclic) bond motifs is 1. The number of thiophene rings is 1. The van der Waals surface area contributed by atoms with Crippen molar-refractivity contribution in [1.29, 1.82) is 5.26 Å². The number of nitriles is 1. The maximum atomic E-state index is 13.5. The van der Waals surface area contributed by atoms with E-state index in [9.17, 15) is 9.65 Å². The second-order valence-corrected chi connectivity index (χ2v) is 5.87. The van der Waals surface area contributed by atoms with Gasteiger partial charge in [0.15, 0.2) is 0 Å². The molecule has 4 heteroatoms. The lowest BCUT2D eigenvalue weighted by molar-refractivity contribution is 0.626. The van der Waals surface area contributed by atoms with Gasteiger partial charge in [-0.1, -0.05) is 18.2 Å². The van der Waals surface area contributed by atoms with Crippen LogP contribution >= 0.6 is 11.3 Å².